The van der Waals surface area contributed by atoms with Gasteiger partial charge >= 0.3 is 0 Å². The van der Waals surface area contributed by atoms with Gasteiger partial charge in [-0.1, -0.05) is 90.1 Å². The van der Waals surface area contributed by atoms with Crippen LogP contribution in [0.3, 0.4) is 0 Å². The normalized spacial score (nSPS) is 12.4. The predicted octanol–water partition coefficient (Wildman–Crippen LogP) is 12.7. The quantitative estimate of drug-likeness (QED) is 0.102. The smallest absolute Gasteiger partial charge is 0.200 e. The van der Waals surface area contributed by atoms with Crippen LogP contribution in [0.4, 0.5) is 22.0 Å². The van der Waals surface area contributed by atoms with Gasteiger partial charge in [0, 0.05) is 27.1 Å². The minimum absolute atomic E-state index is 0.152. The lowest BCUT2D eigenvalue weighted by atomic mass is 9.86. The van der Waals surface area contributed by atoms with Crippen LogP contribution in [0.2, 0.25) is 0 Å². The first-order valence-electron chi connectivity index (χ1n) is 17.3. The zero-order valence-electron chi connectivity index (χ0n) is 30.0. The first-order chi connectivity index (χ1) is 25.1. The number of rotatable bonds is 3. The molecule has 0 atom stereocenters. The van der Waals surface area contributed by atoms with E-state index in [1.807, 2.05) is 81.9 Å². The molecule has 0 amide bonds. The Balaban J connectivity index is 1.58. The summed E-state index contributed by atoms with van der Waals surface area (Å²) in [6, 6.07) is 32.8. The molecule has 264 valence electrons. The second-order valence-electron chi connectivity index (χ2n) is 15.6. The summed E-state index contributed by atoms with van der Waals surface area (Å²) in [5.74, 6) is -10.5. The first kappa shape index (κ1) is 34.2. The number of hydrogen-bond donors (Lipinski definition) is 0. The highest BCUT2D eigenvalue weighted by Gasteiger charge is 2.30. The molecule has 0 fully saturated rings. The minimum atomic E-state index is -2.27. The average molecular weight is 712 g/mol. The molecule has 0 saturated carbocycles. The molecule has 0 aliphatic carbocycles. The zero-order valence-corrected chi connectivity index (χ0v) is 30.0. The van der Waals surface area contributed by atoms with Gasteiger partial charge in [-0.05, 0) is 70.5 Å². The number of halogens is 5. The van der Waals surface area contributed by atoms with Crippen molar-refractivity contribution in [2.45, 2.75) is 52.4 Å². The van der Waals surface area contributed by atoms with Crippen molar-refractivity contribution in [2.75, 3.05) is 0 Å². The number of nitrogens with zero attached hydrogens (tertiary/aromatic N) is 3. The maximum Gasteiger partial charge on any atom is 0.200 e. The fourth-order valence-electron chi connectivity index (χ4n) is 7.47. The van der Waals surface area contributed by atoms with Gasteiger partial charge in [0.15, 0.2) is 23.3 Å². The van der Waals surface area contributed by atoms with Crippen LogP contribution in [0.5, 0.6) is 0 Å². The lowest BCUT2D eigenvalue weighted by Crippen LogP contribution is -2.11. The highest BCUT2D eigenvalue weighted by atomic mass is 19.2. The highest BCUT2D eigenvalue weighted by molar-refractivity contribution is 6.12. The molecule has 0 saturated heterocycles. The van der Waals surface area contributed by atoms with Gasteiger partial charge in [-0.15, -0.1) is 0 Å². The van der Waals surface area contributed by atoms with E-state index in [0.717, 1.165) is 54.7 Å². The minimum Gasteiger partial charge on any atom is -0.307 e. The van der Waals surface area contributed by atoms with Crippen molar-refractivity contribution < 1.29 is 22.0 Å². The summed E-state index contributed by atoms with van der Waals surface area (Å²) in [5, 5.41) is 14.2. The maximum absolute atomic E-state index is 15.6. The molecule has 8 rings (SSSR count). The number of fused-ring (bicyclic) bond motifs is 6. The molecule has 0 aliphatic heterocycles. The standard InChI is InChI=1S/C45H34F5N3/c1-44(2,3)25-15-17-34-30(20-25)27-11-7-9-13-32(27)52(34)36-19-24(23-51)29(38-39(46)41(48)43(50)42(49)40(38)47)22-37(36)53-33-14-10-8-12-28(33)31-21-26(45(4,5)6)16-18-35(31)53/h7-22H,1-6H3. The molecule has 8 heteroatoms. The molecule has 53 heavy (non-hydrogen) atoms. The van der Waals surface area contributed by atoms with Gasteiger partial charge in [-0.2, -0.15) is 5.26 Å². The van der Waals surface area contributed by atoms with Gasteiger partial charge in [0.25, 0.3) is 0 Å². The summed E-state index contributed by atoms with van der Waals surface area (Å²) < 4.78 is 79.0. The first-order valence-corrected chi connectivity index (χ1v) is 17.3. The number of para-hydroxylation sites is 2. The summed E-state index contributed by atoms with van der Waals surface area (Å²) in [6.07, 6.45) is 0. The topological polar surface area (TPSA) is 33.6 Å². The van der Waals surface area contributed by atoms with E-state index in [2.05, 4.69) is 59.7 Å². The summed E-state index contributed by atoms with van der Waals surface area (Å²) in [7, 11) is 0. The summed E-state index contributed by atoms with van der Waals surface area (Å²) in [5.41, 5.74) is 3.99. The lowest BCUT2D eigenvalue weighted by Gasteiger charge is -2.21. The SMILES string of the molecule is CC(C)(C)c1ccc2c(c1)c1ccccc1n2-c1cc(C#N)c(-c2c(F)c(F)c(F)c(F)c2F)cc1-n1c2ccccc2c2cc(C(C)(C)C)ccc21. The average Bonchev–Trinajstić information content (AvgIpc) is 3.64. The van der Waals surface area contributed by atoms with E-state index in [0.29, 0.717) is 11.4 Å². The van der Waals surface area contributed by atoms with Crippen molar-refractivity contribution in [3.05, 3.63) is 143 Å². The van der Waals surface area contributed by atoms with Crippen LogP contribution in [0.25, 0.3) is 66.1 Å². The summed E-state index contributed by atoms with van der Waals surface area (Å²) in [4.78, 5) is 0. The van der Waals surface area contributed by atoms with Crippen LogP contribution in [0, 0.1) is 40.4 Å². The Hall–Kier alpha value is -5.94. The Kier molecular flexibility index (Phi) is 7.60. The van der Waals surface area contributed by atoms with E-state index in [1.165, 1.54) is 12.1 Å². The number of aromatic nitrogens is 2. The van der Waals surface area contributed by atoms with Crippen molar-refractivity contribution in [1.29, 1.82) is 5.26 Å². The fourth-order valence-corrected chi connectivity index (χ4v) is 7.47. The molecular weight excluding hydrogens is 678 g/mol. The van der Waals surface area contributed by atoms with Crippen molar-refractivity contribution in [3.8, 4) is 28.6 Å². The van der Waals surface area contributed by atoms with E-state index >= 15 is 8.78 Å². The van der Waals surface area contributed by atoms with Gasteiger partial charge in [-0.3, -0.25) is 0 Å². The van der Waals surface area contributed by atoms with Crippen LogP contribution in [0.1, 0.15) is 58.2 Å². The third-order valence-corrected chi connectivity index (χ3v) is 10.3. The third kappa shape index (κ3) is 5.13. The zero-order chi connectivity index (χ0) is 37.7. The van der Waals surface area contributed by atoms with Crippen molar-refractivity contribution in [2.24, 2.45) is 0 Å². The molecule has 0 unspecified atom stereocenters. The highest BCUT2D eigenvalue weighted by Crippen LogP contribution is 2.43. The van der Waals surface area contributed by atoms with Gasteiger partial charge in [0.1, 0.15) is 0 Å². The van der Waals surface area contributed by atoms with Crippen LogP contribution >= 0.6 is 0 Å². The molecule has 3 nitrogen and oxygen atoms in total. The molecule has 0 radical (unpaired) electrons. The Morgan fingerprint density at radius 2 is 0.868 bits per heavy atom. The third-order valence-electron chi connectivity index (χ3n) is 10.3. The molecule has 0 spiro atoms. The Morgan fingerprint density at radius 1 is 0.472 bits per heavy atom. The molecule has 0 N–H and O–H groups in total. The molecule has 8 aromatic rings. The van der Waals surface area contributed by atoms with Crippen molar-refractivity contribution in [1.82, 2.24) is 9.13 Å². The van der Waals surface area contributed by atoms with Gasteiger partial charge in [-0.25, -0.2) is 22.0 Å². The van der Waals surface area contributed by atoms with Crippen molar-refractivity contribution >= 4 is 43.6 Å². The van der Waals surface area contributed by atoms with Gasteiger partial charge < -0.3 is 9.13 Å². The van der Waals surface area contributed by atoms with Crippen LogP contribution < -0.4 is 0 Å². The Morgan fingerprint density at radius 3 is 1.30 bits per heavy atom. The Bertz CT molecular complexity index is 2850. The largest absolute Gasteiger partial charge is 0.307 e. The molecule has 2 aromatic heterocycles. The van der Waals surface area contributed by atoms with Gasteiger partial charge in [0.05, 0.1) is 50.6 Å². The summed E-state index contributed by atoms with van der Waals surface area (Å²) >= 11 is 0. The van der Waals surface area contributed by atoms with E-state index in [-0.39, 0.29) is 16.4 Å². The number of benzene rings is 6. The van der Waals surface area contributed by atoms with Crippen LogP contribution in [-0.2, 0) is 10.8 Å². The second-order valence-corrected chi connectivity index (χ2v) is 15.6. The molecule has 6 aromatic carbocycles. The molecular formula is C45H34F5N3. The lowest BCUT2D eigenvalue weighted by molar-refractivity contribution is 0.381. The van der Waals surface area contributed by atoms with Crippen LogP contribution in [0.15, 0.2) is 97.1 Å². The molecule has 0 bridgehead atoms. The van der Waals surface area contributed by atoms with E-state index < -0.39 is 40.2 Å². The van der Waals surface area contributed by atoms with Gasteiger partial charge in [0.2, 0.25) is 5.82 Å². The maximum atomic E-state index is 15.6. The number of hydrogen-bond acceptors (Lipinski definition) is 1. The summed E-state index contributed by atoms with van der Waals surface area (Å²) in [6.45, 7) is 12.8. The monoisotopic (exact) mass is 711 g/mol. The number of nitriles is 1. The van der Waals surface area contributed by atoms with E-state index in [4.69, 9.17) is 0 Å². The van der Waals surface area contributed by atoms with Crippen molar-refractivity contribution in [3.63, 3.8) is 0 Å². The van der Waals surface area contributed by atoms with E-state index in [1.54, 1.807) is 0 Å². The molecule has 2 heterocycles. The fraction of sp³-hybridized carbons (Fsp3) is 0.178. The second kappa shape index (κ2) is 11.8. The Labute approximate surface area is 303 Å². The predicted molar refractivity (Wildman–Crippen MR) is 202 cm³/mol. The van der Waals surface area contributed by atoms with Crippen LogP contribution in [-0.4, -0.2) is 9.13 Å². The van der Waals surface area contributed by atoms with E-state index in [9.17, 15) is 18.4 Å². The molecule has 0 aliphatic rings.